The molecule has 1 aromatic carbocycles. The molecule has 0 saturated carbocycles. The fourth-order valence-electron chi connectivity index (χ4n) is 2.39. The lowest BCUT2D eigenvalue weighted by Crippen LogP contribution is -2.07. The topological polar surface area (TPSA) is 17.8 Å². The van der Waals surface area contributed by atoms with Crippen molar-refractivity contribution in [3.8, 4) is 0 Å². The molecule has 0 fully saturated rings. The van der Waals surface area contributed by atoms with E-state index in [4.69, 9.17) is 4.98 Å². The molecule has 0 aliphatic carbocycles. The van der Waals surface area contributed by atoms with Gasteiger partial charge in [-0.2, -0.15) is 0 Å². The van der Waals surface area contributed by atoms with Crippen molar-refractivity contribution in [1.82, 2.24) is 9.55 Å². The lowest BCUT2D eigenvalue weighted by molar-refractivity contribution is 0.564. The standard InChI is InChI=1S/C14H20N2/c1-4-11(5-2)14-15-12-9-7-8-10-13(12)16(14)6-3/h7-11H,4-6H2,1-3H3. The van der Waals surface area contributed by atoms with Crippen LogP contribution in [-0.4, -0.2) is 9.55 Å². The molecular weight excluding hydrogens is 196 g/mol. The second-order valence-corrected chi connectivity index (χ2v) is 4.22. The van der Waals surface area contributed by atoms with E-state index >= 15 is 0 Å². The van der Waals surface area contributed by atoms with Gasteiger partial charge in [0.25, 0.3) is 0 Å². The lowest BCUT2D eigenvalue weighted by Gasteiger charge is -2.13. The number of hydrogen-bond donors (Lipinski definition) is 0. The Balaban J connectivity index is 2.60. The molecule has 2 heteroatoms. The molecule has 0 aliphatic heterocycles. The summed E-state index contributed by atoms with van der Waals surface area (Å²) in [5, 5.41) is 0. The van der Waals surface area contributed by atoms with Crippen molar-refractivity contribution in [3.63, 3.8) is 0 Å². The summed E-state index contributed by atoms with van der Waals surface area (Å²) in [6.07, 6.45) is 2.33. The van der Waals surface area contributed by atoms with Crippen LogP contribution in [0.4, 0.5) is 0 Å². The molecule has 0 amide bonds. The predicted octanol–water partition coefficient (Wildman–Crippen LogP) is 3.96. The zero-order chi connectivity index (χ0) is 11.5. The van der Waals surface area contributed by atoms with E-state index in [2.05, 4.69) is 49.6 Å². The van der Waals surface area contributed by atoms with Gasteiger partial charge >= 0.3 is 0 Å². The molecule has 0 radical (unpaired) electrons. The van der Waals surface area contributed by atoms with Crippen molar-refractivity contribution in [2.45, 2.75) is 46.1 Å². The Morgan fingerprint density at radius 1 is 1.12 bits per heavy atom. The average molecular weight is 216 g/mol. The fourth-order valence-corrected chi connectivity index (χ4v) is 2.39. The number of fused-ring (bicyclic) bond motifs is 1. The average Bonchev–Trinajstić information content (AvgIpc) is 2.69. The second-order valence-electron chi connectivity index (χ2n) is 4.22. The monoisotopic (exact) mass is 216 g/mol. The molecule has 0 atom stereocenters. The number of nitrogens with zero attached hydrogens (tertiary/aromatic N) is 2. The summed E-state index contributed by atoms with van der Waals surface area (Å²) >= 11 is 0. The summed E-state index contributed by atoms with van der Waals surface area (Å²) in [4.78, 5) is 4.79. The van der Waals surface area contributed by atoms with Crippen LogP contribution in [-0.2, 0) is 6.54 Å². The molecular formula is C14H20N2. The Kier molecular flexibility index (Phi) is 3.28. The van der Waals surface area contributed by atoms with Crippen LogP contribution in [0.15, 0.2) is 24.3 Å². The molecule has 0 unspecified atom stereocenters. The third-order valence-corrected chi connectivity index (χ3v) is 3.35. The maximum atomic E-state index is 4.79. The van der Waals surface area contributed by atoms with Crippen LogP contribution in [0, 0.1) is 0 Å². The van der Waals surface area contributed by atoms with Crippen molar-refractivity contribution in [2.75, 3.05) is 0 Å². The van der Waals surface area contributed by atoms with E-state index in [1.807, 2.05) is 0 Å². The SMILES string of the molecule is CCC(CC)c1nc2ccccc2n1CC. The van der Waals surface area contributed by atoms with E-state index in [1.165, 1.54) is 24.2 Å². The number of benzene rings is 1. The minimum atomic E-state index is 0.590. The van der Waals surface area contributed by atoms with E-state index in [9.17, 15) is 0 Å². The van der Waals surface area contributed by atoms with Crippen molar-refractivity contribution in [2.24, 2.45) is 0 Å². The normalized spacial score (nSPS) is 11.5. The molecule has 86 valence electrons. The summed E-state index contributed by atoms with van der Waals surface area (Å²) in [5.41, 5.74) is 2.40. The van der Waals surface area contributed by atoms with Gasteiger partial charge in [-0.1, -0.05) is 26.0 Å². The van der Waals surface area contributed by atoms with Gasteiger partial charge < -0.3 is 4.57 Å². The van der Waals surface area contributed by atoms with Crippen LogP contribution < -0.4 is 0 Å². The van der Waals surface area contributed by atoms with Gasteiger partial charge in [0, 0.05) is 12.5 Å². The maximum Gasteiger partial charge on any atom is 0.112 e. The Morgan fingerprint density at radius 2 is 1.81 bits per heavy atom. The zero-order valence-electron chi connectivity index (χ0n) is 10.4. The van der Waals surface area contributed by atoms with Gasteiger partial charge in [0.05, 0.1) is 11.0 Å². The zero-order valence-corrected chi connectivity index (χ0v) is 10.4. The first-order valence-electron chi connectivity index (χ1n) is 6.26. The highest BCUT2D eigenvalue weighted by Crippen LogP contribution is 2.26. The van der Waals surface area contributed by atoms with Crippen LogP contribution in [0.25, 0.3) is 11.0 Å². The van der Waals surface area contributed by atoms with E-state index in [-0.39, 0.29) is 0 Å². The van der Waals surface area contributed by atoms with Gasteiger partial charge in [0.15, 0.2) is 0 Å². The van der Waals surface area contributed by atoms with Crippen LogP contribution in [0.2, 0.25) is 0 Å². The van der Waals surface area contributed by atoms with Crippen molar-refractivity contribution in [3.05, 3.63) is 30.1 Å². The van der Waals surface area contributed by atoms with E-state index in [0.29, 0.717) is 5.92 Å². The highest BCUT2D eigenvalue weighted by atomic mass is 15.1. The number of hydrogen-bond acceptors (Lipinski definition) is 1. The van der Waals surface area contributed by atoms with Gasteiger partial charge in [-0.05, 0) is 31.9 Å². The van der Waals surface area contributed by atoms with Crippen molar-refractivity contribution >= 4 is 11.0 Å². The quantitative estimate of drug-likeness (QED) is 0.756. The van der Waals surface area contributed by atoms with Crippen LogP contribution in [0.1, 0.15) is 45.4 Å². The third-order valence-electron chi connectivity index (χ3n) is 3.35. The molecule has 0 spiro atoms. The number of aryl methyl sites for hydroxylation is 1. The summed E-state index contributed by atoms with van der Waals surface area (Å²) in [7, 11) is 0. The molecule has 0 bridgehead atoms. The van der Waals surface area contributed by atoms with Gasteiger partial charge in [0.1, 0.15) is 5.82 Å². The molecule has 1 heterocycles. The summed E-state index contributed by atoms with van der Waals surface area (Å²) in [6, 6.07) is 8.42. The van der Waals surface area contributed by atoms with Crippen LogP contribution in [0.3, 0.4) is 0 Å². The minimum Gasteiger partial charge on any atom is -0.328 e. The van der Waals surface area contributed by atoms with Crippen molar-refractivity contribution in [1.29, 1.82) is 0 Å². The minimum absolute atomic E-state index is 0.590. The van der Waals surface area contributed by atoms with Gasteiger partial charge in [-0.15, -0.1) is 0 Å². The first kappa shape index (κ1) is 11.2. The molecule has 2 nitrogen and oxygen atoms in total. The van der Waals surface area contributed by atoms with E-state index in [1.54, 1.807) is 0 Å². The molecule has 16 heavy (non-hydrogen) atoms. The van der Waals surface area contributed by atoms with Gasteiger partial charge in [-0.25, -0.2) is 4.98 Å². The Morgan fingerprint density at radius 3 is 2.44 bits per heavy atom. The first-order chi connectivity index (χ1) is 7.81. The molecule has 2 aromatic rings. The lowest BCUT2D eigenvalue weighted by atomic mass is 10.0. The molecule has 2 rings (SSSR count). The number of aromatic nitrogens is 2. The molecule has 0 aliphatic rings. The van der Waals surface area contributed by atoms with Crippen LogP contribution >= 0.6 is 0 Å². The third kappa shape index (κ3) is 1.73. The van der Waals surface area contributed by atoms with Crippen LogP contribution in [0.5, 0.6) is 0 Å². The van der Waals surface area contributed by atoms with E-state index in [0.717, 1.165) is 12.1 Å². The fraction of sp³-hybridized carbons (Fsp3) is 0.500. The summed E-state index contributed by atoms with van der Waals surface area (Å²) in [5.74, 6) is 1.85. The number of imidazole rings is 1. The number of rotatable bonds is 4. The predicted molar refractivity (Wildman–Crippen MR) is 68.7 cm³/mol. The Bertz CT molecular complexity index is 467. The Hall–Kier alpha value is -1.31. The molecule has 1 aromatic heterocycles. The second kappa shape index (κ2) is 4.69. The largest absolute Gasteiger partial charge is 0.328 e. The highest BCUT2D eigenvalue weighted by molar-refractivity contribution is 5.76. The summed E-state index contributed by atoms with van der Waals surface area (Å²) in [6.45, 7) is 7.69. The highest BCUT2D eigenvalue weighted by Gasteiger charge is 2.15. The van der Waals surface area contributed by atoms with E-state index < -0.39 is 0 Å². The Labute approximate surface area is 97.3 Å². The van der Waals surface area contributed by atoms with Gasteiger partial charge in [0.2, 0.25) is 0 Å². The van der Waals surface area contributed by atoms with Gasteiger partial charge in [-0.3, -0.25) is 0 Å². The summed E-state index contributed by atoms with van der Waals surface area (Å²) < 4.78 is 2.35. The molecule has 0 saturated heterocycles. The number of para-hydroxylation sites is 2. The first-order valence-corrected chi connectivity index (χ1v) is 6.26. The van der Waals surface area contributed by atoms with Crippen molar-refractivity contribution < 1.29 is 0 Å². The molecule has 0 N–H and O–H groups in total. The smallest absolute Gasteiger partial charge is 0.112 e. The maximum absolute atomic E-state index is 4.79.